The molecule has 0 aromatic carbocycles. The molecule has 4 nitrogen and oxygen atoms in total. The molecule has 0 fully saturated rings. The fraction of sp³-hybridized carbons (Fsp3) is 0.556. The average molecular weight is 210 g/mol. The van der Waals surface area contributed by atoms with Gasteiger partial charge in [0, 0.05) is 0 Å². The van der Waals surface area contributed by atoms with Crippen LogP contribution in [0.2, 0.25) is 0 Å². The van der Waals surface area contributed by atoms with Crippen molar-refractivity contribution in [1.29, 1.82) is 0 Å². The van der Waals surface area contributed by atoms with Crippen molar-refractivity contribution in [3.63, 3.8) is 0 Å². The Balaban J connectivity index is 0.000000461. The van der Waals surface area contributed by atoms with Crippen LogP contribution in [-0.4, -0.2) is 19.6 Å². The van der Waals surface area contributed by atoms with Crippen LogP contribution in [0.5, 0.6) is 0 Å². The Morgan fingerprint density at radius 1 is 1.21 bits per heavy atom. The van der Waals surface area contributed by atoms with Crippen LogP contribution in [0.1, 0.15) is 39.3 Å². The lowest BCUT2D eigenvalue weighted by Gasteiger charge is -2.01. The van der Waals surface area contributed by atoms with Crippen molar-refractivity contribution in [2.24, 2.45) is 0 Å². The van der Waals surface area contributed by atoms with Crippen molar-refractivity contribution in [2.75, 3.05) is 0 Å². The number of aromatic nitrogens is 4. The van der Waals surface area contributed by atoms with Gasteiger partial charge in [0.25, 0.3) is 0 Å². The van der Waals surface area contributed by atoms with E-state index in [0.29, 0.717) is 11.6 Å². The average Bonchev–Trinajstić information content (AvgIpc) is 2.67. The Hall–Kier alpha value is -1.10. The summed E-state index contributed by atoms with van der Waals surface area (Å²) in [5, 5.41) is 3.88. The molecular formula is C9H14N4S. The second-order valence-corrected chi connectivity index (χ2v) is 3.59. The molecule has 0 unspecified atom stereocenters. The highest BCUT2D eigenvalue weighted by atomic mass is 32.1. The zero-order valence-corrected chi connectivity index (χ0v) is 9.67. The smallest absolute Gasteiger partial charge is 0.197 e. The molecule has 0 saturated heterocycles. The third-order valence-corrected chi connectivity index (χ3v) is 2.36. The van der Waals surface area contributed by atoms with Gasteiger partial charge in [-0.25, -0.2) is 9.97 Å². The summed E-state index contributed by atoms with van der Waals surface area (Å²) < 4.78 is 4.84. The van der Waals surface area contributed by atoms with Crippen molar-refractivity contribution in [2.45, 2.75) is 33.6 Å². The number of nitrogens with zero attached hydrogens (tertiary/aromatic N) is 4. The molecule has 14 heavy (non-hydrogen) atoms. The Kier molecular flexibility index (Phi) is 3.88. The van der Waals surface area contributed by atoms with Gasteiger partial charge in [-0.2, -0.15) is 0 Å². The van der Waals surface area contributed by atoms with Gasteiger partial charge >= 0.3 is 0 Å². The van der Waals surface area contributed by atoms with Gasteiger partial charge in [0.15, 0.2) is 5.65 Å². The number of fused-ring (bicyclic) bond motifs is 1. The zero-order valence-electron chi connectivity index (χ0n) is 8.85. The van der Waals surface area contributed by atoms with E-state index in [0.717, 1.165) is 10.4 Å². The Morgan fingerprint density at radius 2 is 1.93 bits per heavy atom. The minimum absolute atomic E-state index is 0.401. The minimum atomic E-state index is 0.401. The highest BCUT2D eigenvalue weighted by Gasteiger charge is 2.09. The Bertz CT molecular complexity index is 396. The molecule has 0 amide bonds. The molecule has 0 atom stereocenters. The maximum atomic E-state index is 4.20. The van der Waals surface area contributed by atoms with E-state index in [1.54, 1.807) is 6.33 Å². The van der Waals surface area contributed by atoms with Crippen molar-refractivity contribution in [1.82, 2.24) is 19.6 Å². The molecule has 2 aromatic heterocycles. The molecular weight excluding hydrogens is 196 g/mol. The fourth-order valence-electron chi connectivity index (χ4n) is 1.05. The SMILES string of the molecule is CC.CC(C)c1ncnc2nnsc12. The Labute approximate surface area is 87.6 Å². The largest absolute Gasteiger partial charge is 0.239 e. The van der Waals surface area contributed by atoms with Gasteiger partial charge in [0.1, 0.15) is 11.0 Å². The van der Waals surface area contributed by atoms with Gasteiger partial charge in [-0.1, -0.05) is 32.2 Å². The summed E-state index contributed by atoms with van der Waals surface area (Å²) >= 11 is 1.36. The summed E-state index contributed by atoms with van der Waals surface area (Å²) in [7, 11) is 0. The maximum Gasteiger partial charge on any atom is 0.197 e. The lowest BCUT2D eigenvalue weighted by molar-refractivity contribution is 0.830. The van der Waals surface area contributed by atoms with Crippen LogP contribution in [0.3, 0.4) is 0 Å². The molecule has 2 heterocycles. The second kappa shape index (κ2) is 4.95. The molecule has 76 valence electrons. The number of hydrogen-bond donors (Lipinski definition) is 0. The van der Waals surface area contributed by atoms with Crippen LogP contribution in [0.15, 0.2) is 6.33 Å². The first-order chi connectivity index (χ1) is 6.79. The quantitative estimate of drug-likeness (QED) is 0.726. The normalized spacial score (nSPS) is 10.1. The van der Waals surface area contributed by atoms with Crippen LogP contribution in [0, 0.1) is 0 Å². The van der Waals surface area contributed by atoms with E-state index in [1.807, 2.05) is 13.8 Å². The van der Waals surface area contributed by atoms with Gasteiger partial charge in [-0.05, 0) is 17.5 Å². The third-order valence-electron chi connectivity index (χ3n) is 1.63. The monoisotopic (exact) mass is 210 g/mol. The summed E-state index contributed by atoms with van der Waals surface area (Å²) in [6.45, 7) is 8.20. The lowest BCUT2D eigenvalue weighted by Crippen LogP contribution is -1.93. The maximum absolute atomic E-state index is 4.20. The minimum Gasteiger partial charge on any atom is -0.239 e. The molecule has 0 spiro atoms. The van der Waals surface area contributed by atoms with E-state index in [4.69, 9.17) is 0 Å². The molecule has 0 saturated carbocycles. The molecule has 0 aliphatic carbocycles. The van der Waals surface area contributed by atoms with Gasteiger partial charge in [0.05, 0.1) is 5.69 Å². The zero-order chi connectivity index (χ0) is 10.6. The fourth-order valence-corrected chi connectivity index (χ4v) is 1.80. The van der Waals surface area contributed by atoms with Crippen LogP contribution in [0.25, 0.3) is 10.3 Å². The first-order valence-electron chi connectivity index (χ1n) is 4.72. The first kappa shape index (κ1) is 11.0. The molecule has 5 heteroatoms. The molecule has 0 aliphatic rings. The van der Waals surface area contributed by atoms with E-state index in [-0.39, 0.29) is 0 Å². The van der Waals surface area contributed by atoms with Crippen molar-refractivity contribution < 1.29 is 0 Å². The molecule has 0 bridgehead atoms. The van der Waals surface area contributed by atoms with Gasteiger partial charge in [0.2, 0.25) is 0 Å². The highest BCUT2D eigenvalue weighted by Crippen LogP contribution is 2.22. The molecule has 0 radical (unpaired) electrons. The summed E-state index contributed by atoms with van der Waals surface area (Å²) in [5.41, 5.74) is 1.74. The predicted octanol–water partition coefficient (Wildman–Crippen LogP) is 2.63. The highest BCUT2D eigenvalue weighted by molar-refractivity contribution is 7.13. The van der Waals surface area contributed by atoms with Crippen molar-refractivity contribution in [3.8, 4) is 0 Å². The summed E-state index contributed by atoms with van der Waals surface area (Å²) in [6, 6.07) is 0. The van der Waals surface area contributed by atoms with E-state index >= 15 is 0 Å². The number of hydrogen-bond acceptors (Lipinski definition) is 5. The van der Waals surface area contributed by atoms with E-state index in [2.05, 4.69) is 33.4 Å². The third kappa shape index (κ3) is 2.04. The van der Waals surface area contributed by atoms with Gasteiger partial charge < -0.3 is 0 Å². The molecule has 0 aliphatic heterocycles. The molecule has 2 aromatic rings. The lowest BCUT2D eigenvalue weighted by atomic mass is 10.1. The van der Waals surface area contributed by atoms with E-state index in [9.17, 15) is 0 Å². The summed E-state index contributed by atoms with van der Waals surface area (Å²) in [4.78, 5) is 8.21. The first-order valence-corrected chi connectivity index (χ1v) is 5.49. The Morgan fingerprint density at radius 3 is 2.57 bits per heavy atom. The summed E-state index contributed by atoms with van der Waals surface area (Å²) in [5.74, 6) is 0.401. The van der Waals surface area contributed by atoms with Crippen LogP contribution < -0.4 is 0 Å². The van der Waals surface area contributed by atoms with Gasteiger partial charge in [-0.3, -0.25) is 0 Å². The summed E-state index contributed by atoms with van der Waals surface area (Å²) in [6.07, 6.45) is 1.54. The van der Waals surface area contributed by atoms with Crippen molar-refractivity contribution >= 4 is 21.9 Å². The van der Waals surface area contributed by atoms with Gasteiger partial charge in [-0.15, -0.1) is 5.10 Å². The van der Waals surface area contributed by atoms with Crippen LogP contribution in [-0.2, 0) is 0 Å². The van der Waals surface area contributed by atoms with E-state index < -0.39 is 0 Å². The number of rotatable bonds is 1. The van der Waals surface area contributed by atoms with E-state index in [1.165, 1.54) is 11.5 Å². The predicted molar refractivity (Wildman–Crippen MR) is 58.4 cm³/mol. The standard InChI is InChI=1S/C7H8N4S.C2H6/c1-4(2)5-6-7(9-3-8-5)10-11-12-6;1-2/h3-4H,1-2H3;1-2H3. The topological polar surface area (TPSA) is 51.6 Å². The van der Waals surface area contributed by atoms with Crippen LogP contribution >= 0.6 is 11.5 Å². The van der Waals surface area contributed by atoms with Crippen LogP contribution in [0.4, 0.5) is 0 Å². The molecule has 2 rings (SSSR count). The second-order valence-electron chi connectivity index (χ2n) is 2.84. The molecule has 0 N–H and O–H groups in total. The van der Waals surface area contributed by atoms with Crippen molar-refractivity contribution in [3.05, 3.63) is 12.0 Å².